The van der Waals surface area contributed by atoms with E-state index in [2.05, 4.69) is 17.9 Å². The van der Waals surface area contributed by atoms with Crippen molar-refractivity contribution in [1.29, 1.82) is 0 Å². The fourth-order valence-corrected chi connectivity index (χ4v) is 2.18. The highest BCUT2D eigenvalue weighted by Gasteiger charge is 2.33. The third-order valence-electron chi connectivity index (χ3n) is 3.41. The van der Waals surface area contributed by atoms with Crippen molar-refractivity contribution in [2.45, 2.75) is 44.6 Å². The van der Waals surface area contributed by atoms with E-state index in [0.29, 0.717) is 0 Å². The summed E-state index contributed by atoms with van der Waals surface area (Å²) >= 11 is 0. The van der Waals surface area contributed by atoms with Gasteiger partial charge in [-0.05, 0) is 38.7 Å². The summed E-state index contributed by atoms with van der Waals surface area (Å²) in [5.74, 6) is -2.14. The zero-order chi connectivity index (χ0) is 16.6. The van der Waals surface area contributed by atoms with Crippen molar-refractivity contribution in [1.82, 2.24) is 0 Å². The number of carbonyl (C=O) groups is 3. The van der Waals surface area contributed by atoms with Gasteiger partial charge in [0.2, 0.25) is 0 Å². The van der Waals surface area contributed by atoms with Gasteiger partial charge in [0.25, 0.3) is 0 Å². The quantitative estimate of drug-likeness (QED) is 0.310. The minimum Gasteiger partial charge on any atom is -0.452 e. The molecule has 0 bridgehead atoms. The number of hydrogen-bond donors (Lipinski definition) is 0. The molecular weight excluding hydrogens is 288 g/mol. The Labute approximate surface area is 130 Å². The predicted octanol–water partition coefficient (Wildman–Crippen LogP) is 2.08. The third-order valence-corrected chi connectivity index (χ3v) is 3.41. The molecule has 1 rings (SSSR count). The maximum absolute atomic E-state index is 11.8. The molecule has 1 saturated carbocycles. The Hall–Kier alpha value is -2.11. The van der Waals surface area contributed by atoms with Crippen molar-refractivity contribution in [2.75, 3.05) is 13.2 Å². The first-order chi connectivity index (χ1) is 10.4. The van der Waals surface area contributed by atoms with Crippen LogP contribution in [0, 0.1) is 0 Å². The van der Waals surface area contributed by atoms with E-state index in [4.69, 9.17) is 9.47 Å². The second-order valence-corrected chi connectivity index (χ2v) is 5.32. The van der Waals surface area contributed by atoms with Gasteiger partial charge < -0.3 is 14.2 Å². The smallest absolute Gasteiger partial charge is 0.345 e. The maximum Gasteiger partial charge on any atom is 0.345 e. The molecule has 1 aliphatic carbocycles. The Morgan fingerprint density at radius 3 is 2.18 bits per heavy atom. The molecule has 0 radical (unpaired) electrons. The van der Waals surface area contributed by atoms with Gasteiger partial charge in [0.1, 0.15) is 5.60 Å². The molecule has 0 N–H and O–H groups in total. The van der Waals surface area contributed by atoms with Gasteiger partial charge in [0, 0.05) is 5.57 Å². The van der Waals surface area contributed by atoms with Gasteiger partial charge >= 0.3 is 17.9 Å². The SMILES string of the molecule is C=CC1(OC(=O)COC(=O)COC(=O)C(=C)C)CCCCC1. The fourth-order valence-electron chi connectivity index (χ4n) is 2.18. The summed E-state index contributed by atoms with van der Waals surface area (Å²) in [6, 6.07) is 0. The summed E-state index contributed by atoms with van der Waals surface area (Å²) in [6.07, 6.45) is 6.14. The van der Waals surface area contributed by atoms with Gasteiger partial charge in [-0.2, -0.15) is 0 Å². The summed E-state index contributed by atoms with van der Waals surface area (Å²) in [5, 5.41) is 0. The summed E-state index contributed by atoms with van der Waals surface area (Å²) in [7, 11) is 0. The Bertz CT molecular complexity index is 459. The van der Waals surface area contributed by atoms with E-state index in [1.54, 1.807) is 6.08 Å². The van der Waals surface area contributed by atoms with Crippen molar-refractivity contribution in [3.63, 3.8) is 0 Å². The van der Waals surface area contributed by atoms with E-state index >= 15 is 0 Å². The molecule has 0 spiro atoms. The number of esters is 3. The van der Waals surface area contributed by atoms with Gasteiger partial charge in [0.15, 0.2) is 13.2 Å². The molecule has 1 fully saturated rings. The van der Waals surface area contributed by atoms with Crippen LogP contribution in [0.2, 0.25) is 0 Å². The van der Waals surface area contributed by atoms with Crippen molar-refractivity contribution >= 4 is 17.9 Å². The average molecular weight is 310 g/mol. The highest BCUT2D eigenvalue weighted by molar-refractivity contribution is 5.88. The molecular formula is C16H22O6. The van der Waals surface area contributed by atoms with E-state index in [9.17, 15) is 14.4 Å². The molecule has 6 nitrogen and oxygen atoms in total. The predicted molar refractivity (Wildman–Crippen MR) is 78.8 cm³/mol. The van der Waals surface area contributed by atoms with Gasteiger partial charge in [-0.25, -0.2) is 14.4 Å². The zero-order valence-corrected chi connectivity index (χ0v) is 12.9. The van der Waals surface area contributed by atoms with Crippen molar-refractivity contribution in [3.8, 4) is 0 Å². The first kappa shape index (κ1) is 17.9. The summed E-state index contributed by atoms with van der Waals surface area (Å²) in [4.78, 5) is 34.2. The van der Waals surface area contributed by atoms with E-state index in [1.807, 2.05) is 0 Å². The molecule has 6 heteroatoms. The Kier molecular flexibility index (Phi) is 6.82. The van der Waals surface area contributed by atoms with E-state index in [-0.39, 0.29) is 5.57 Å². The van der Waals surface area contributed by atoms with E-state index in [1.165, 1.54) is 6.92 Å². The highest BCUT2D eigenvalue weighted by Crippen LogP contribution is 2.32. The van der Waals surface area contributed by atoms with Gasteiger partial charge in [-0.3, -0.25) is 0 Å². The standard InChI is InChI=1S/C16H22O6/c1-4-16(8-6-5-7-9-16)22-14(18)11-20-13(17)10-21-15(19)12(2)3/h4H,1-2,5-11H2,3H3. The van der Waals surface area contributed by atoms with Crippen LogP contribution in [0.25, 0.3) is 0 Å². The molecule has 1 aliphatic rings. The van der Waals surface area contributed by atoms with Crippen LogP contribution >= 0.6 is 0 Å². The molecule has 0 heterocycles. The number of ether oxygens (including phenoxy) is 3. The molecule has 0 aromatic heterocycles. The van der Waals surface area contributed by atoms with Crippen LogP contribution in [0.5, 0.6) is 0 Å². The van der Waals surface area contributed by atoms with Crippen LogP contribution < -0.4 is 0 Å². The number of rotatable bonds is 7. The molecule has 0 unspecified atom stereocenters. The first-order valence-electron chi connectivity index (χ1n) is 7.22. The first-order valence-corrected chi connectivity index (χ1v) is 7.22. The van der Waals surface area contributed by atoms with Crippen LogP contribution in [-0.4, -0.2) is 36.7 Å². The maximum atomic E-state index is 11.8. The normalized spacial score (nSPS) is 16.2. The Morgan fingerprint density at radius 2 is 1.64 bits per heavy atom. The Morgan fingerprint density at radius 1 is 1.05 bits per heavy atom. The van der Waals surface area contributed by atoms with Gasteiger partial charge in [-0.1, -0.05) is 19.6 Å². The van der Waals surface area contributed by atoms with Crippen LogP contribution in [0.4, 0.5) is 0 Å². The van der Waals surface area contributed by atoms with Gasteiger partial charge in [0.05, 0.1) is 0 Å². The molecule has 122 valence electrons. The van der Waals surface area contributed by atoms with Crippen LogP contribution in [-0.2, 0) is 28.6 Å². The van der Waals surface area contributed by atoms with Crippen molar-refractivity contribution in [2.24, 2.45) is 0 Å². The molecule has 0 amide bonds. The second-order valence-electron chi connectivity index (χ2n) is 5.32. The van der Waals surface area contributed by atoms with E-state index < -0.39 is 36.7 Å². The Balaban J connectivity index is 2.33. The minimum atomic E-state index is -0.817. The lowest BCUT2D eigenvalue weighted by atomic mass is 9.85. The zero-order valence-electron chi connectivity index (χ0n) is 12.9. The number of carbonyl (C=O) groups excluding carboxylic acids is 3. The van der Waals surface area contributed by atoms with E-state index in [0.717, 1.165) is 32.1 Å². The van der Waals surface area contributed by atoms with Crippen molar-refractivity contribution < 1.29 is 28.6 Å². The van der Waals surface area contributed by atoms with Crippen LogP contribution in [0.15, 0.2) is 24.8 Å². The topological polar surface area (TPSA) is 78.9 Å². The lowest BCUT2D eigenvalue weighted by Crippen LogP contribution is -2.36. The lowest BCUT2D eigenvalue weighted by molar-refractivity contribution is -0.171. The summed E-state index contributed by atoms with van der Waals surface area (Å²) < 4.78 is 14.7. The summed E-state index contributed by atoms with van der Waals surface area (Å²) in [6.45, 7) is 7.48. The molecule has 0 aromatic rings. The second kappa shape index (κ2) is 8.36. The molecule has 22 heavy (non-hydrogen) atoms. The molecule has 0 atom stereocenters. The lowest BCUT2D eigenvalue weighted by Gasteiger charge is -2.33. The largest absolute Gasteiger partial charge is 0.452 e. The average Bonchev–Trinajstić information content (AvgIpc) is 2.51. The van der Waals surface area contributed by atoms with Crippen LogP contribution in [0.1, 0.15) is 39.0 Å². The fraction of sp³-hybridized carbons (Fsp3) is 0.562. The molecule has 0 aromatic carbocycles. The minimum absolute atomic E-state index is 0.178. The monoisotopic (exact) mass is 310 g/mol. The molecule has 0 aliphatic heterocycles. The van der Waals surface area contributed by atoms with Crippen LogP contribution in [0.3, 0.4) is 0 Å². The number of hydrogen-bond acceptors (Lipinski definition) is 6. The summed E-state index contributed by atoms with van der Waals surface area (Å²) in [5.41, 5.74) is -0.480. The van der Waals surface area contributed by atoms with Gasteiger partial charge in [-0.15, -0.1) is 0 Å². The highest BCUT2D eigenvalue weighted by atomic mass is 16.6. The van der Waals surface area contributed by atoms with Crippen molar-refractivity contribution in [3.05, 3.63) is 24.8 Å². The third kappa shape index (κ3) is 5.71. The molecule has 0 saturated heterocycles.